The predicted molar refractivity (Wildman–Crippen MR) is 54.5 cm³/mol. The number of likely N-dealkylation sites (tertiary alicyclic amines) is 1. The Labute approximate surface area is 80.9 Å². The highest BCUT2D eigenvalue weighted by atomic mass is 16.3. The van der Waals surface area contributed by atoms with Gasteiger partial charge in [-0.25, -0.2) is 0 Å². The lowest BCUT2D eigenvalue weighted by molar-refractivity contribution is 0.207. The molecule has 1 aliphatic rings. The van der Waals surface area contributed by atoms with Crippen molar-refractivity contribution in [1.29, 1.82) is 0 Å². The molecule has 1 aliphatic heterocycles. The Morgan fingerprint density at radius 3 is 2.85 bits per heavy atom. The van der Waals surface area contributed by atoms with Crippen molar-refractivity contribution in [3.63, 3.8) is 0 Å². The average molecular weight is 186 g/mol. The van der Waals surface area contributed by atoms with Gasteiger partial charge < -0.3 is 15.7 Å². The van der Waals surface area contributed by atoms with E-state index in [1.807, 2.05) is 0 Å². The van der Waals surface area contributed by atoms with Crippen LogP contribution in [0.5, 0.6) is 0 Å². The molecule has 0 saturated carbocycles. The number of nitrogens with two attached hydrogens (primary N) is 1. The van der Waals surface area contributed by atoms with E-state index < -0.39 is 0 Å². The van der Waals surface area contributed by atoms with Crippen molar-refractivity contribution >= 4 is 0 Å². The van der Waals surface area contributed by atoms with E-state index in [9.17, 15) is 0 Å². The summed E-state index contributed by atoms with van der Waals surface area (Å²) in [5.74, 6) is 0.526. The largest absolute Gasteiger partial charge is 0.396 e. The zero-order chi connectivity index (χ0) is 9.68. The third-order valence-electron chi connectivity index (χ3n) is 2.74. The highest BCUT2D eigenvalue weighted by Crippen LogP contribution is 2.16. The zero-order valence-electron chi connectivity index (χ0n) is 8.58. The average Bonchev–Trinajstić information content (AvgIpc) is 2.29. The number of aliphatic hydroxyl groups excluding tert-OH is 1. The molecule has 3 nitrogen and oxygen atoms in total. The third kappa shape index (κ3) is 4.07. The maximum absolute atomic E-state index is 9.04. The Hall–Kier alpha value is -0.120. The third-order valence-corrected chi connectivity index (χ3v) is 2.74. The highest BCUT2D eigenvalue weighted by Gasteiger charge is 2.16. The second-order valence-corrected chi connectivity index (χ2v) is 4.26. The van der Waals surface area contributed by atoms with E-state index in [-0.39, 0.29) is 6.04 Å². The Kier molecular flexibility index (Phi) is 4.70. The van der Waals surface area contributed by atoms with Gasteiger partial charge in [-0.15, -0.1) is 0 Å². The van der Waals surface area contributed by atoms with E-state index in [1.54, 1.807) is 0 Å². The molecule has 0 amide bonds. The molecule has 2 unspecified atom stereocenters. The Morgan fingerprint density at radius 1 is 1.46 bits per heavy atom. The highest BCUT2D eigenvalue weighted by molar-refractivity contribution is 4.71. The van der Waals surface area contributed by atoms with Gasteiger partial charge >= 0.3 is 0 Å². The van der Waals surface area contributed by atoms with Crippen molar-refractivity contribution in [2.75, 3.05) is 26.2 Å². The van der Waals surface area contributed by atoms with Crippen LogP contribution < -0.4 is 5.73 Å². The summed E-state index contributed by atoms with van der Waals surface area (Å²) in [6.07, 6.45) is 3.51. The lowest BCUT2D eigenvalue weighted by Gasteiger charge is -2.21. The van der Waals surface area contributed by atoms with Crippen LogP contribution in [0.15, 0.2) is 0 Å². The Bertz CT molecular complexity index is 139. The molecule has 3 heteroatoms. The topological polar surface area (TPSA) is 49.5 Å². The van der Waals surface area contributed by atoms with E-state index in [1.165, 1.54) is 12.8 Å². The van der Waals surface area contributed by atoms with E-state index in [2.05, 4.69) is 11.8 Å². The first-order chi connectivity index (χ1) is 6.22. The second kappa shape index (κ2) is 5.58. The molecule has 0 bridgehead atoms. The van der Waals surface area contributed by atoms with Gasteiger partial charge in [-0.3, -0.25) is 0 Å². The number of nitrogens with zero attached hydrogens (tertiary/aromatic N) is 1. The first-order valence-corrected chi connectivity index (χ1v) is 5.31. The van der Waals surface area contributed by atoms with E-state index in [4.69, 9.17) is 10.8 Å². The quantitative estimate of drug-likeness (QED) is 0.672. The molecule has 1 saturated heterocycles. The lowest BCUT2D eigenvalue weighted by Crippen LogP contribution is -2.36. The van der Waals surface area contributed by atoms with Crippen molar-refractivity contribution in [3.05, 3.63) is 0 Å². The molecular weight excluding hydrogens is 164 g/mol. The molecule has 0 aliphatic carbocycles. The number of hydrogen-bond donors (Lipinski definition) is 2. The molecule has 1 fully saturated rings. The summed E-state index contributed by atoms with van der Waals surface area (Å²) >= 11 is 0. The Morgan fingerprint density at radius 2 is 2.23 bits per heavy atom. The van der Waals surface area contributed by atoms with Crippen molar-refractivity contribution in [3.8, 4) is 0 Å². The maximum atomic E-state index is 9.04. The van der Waals surface area contributed by atoms with Crippen LogP contribution in [0.1, 0.15) is 26.2 Å². The van der Waals surface area contributed by atoms with Gasteiger partial charge in [0.25, 0.3) is 0 Å². The van der Waals surface area contributed by atoms with Gasteiger partial charge in [0.05, 0.1) is 0 Å². The molecular formula is C10H22N2O. The van der Waals surface area contributed by atoms with Gasteiger partial charge in [-0.1, -0.05) is 0 Å². The van der Waals surface area contributed by atoms with Crippen molar-refractivity contribution < 1.29 is 5.11 Å². The maximum Gasteiger partial charge on any atom is 0.0459 e. The van der Waals surface area contributed by atoms with E-state index in [0.717, 1.165) is 26.1 Å². The smallest absolute Gasteiger partial charge is 0.0459 e. The van der Waals surface area contributed by atoms with Gasteiger partial charge in [-0.2, -0.15) is 0 Å². The van der Waals surface area contributed by atoms with Gasteiger partial charge in [0, 0.05) is 19.2 Å². The molecule has 2 atom stereocenters. The number of aliphatic hydroxyl groups is 1. The first kappa shape index (κ1) is 11.0. The molecule has 0 spiro atoms. The standard InChI is InChI=1S/C10H22N2O/c1-9(11)7-12-5-2-3-10(8-13)4-6-12/h9-10,13H,2-8,11H2,1H3. The molecule has 0 aromatic carbocycles. The normalized spacial score (nSPS) is 28.4. The molecule has 0 aromatic rings. The fourth-order valence-corrected chi connectivity index (χ4v) is 2.00. The molecule has 13 heavy (non-hydrogen) atoms. The van der Waals surface area contributed by atoms with Gasteiger partial charge in [0.1, 0.15) is 0 Å². The van der Waals surface area contributed by atoms with Gasteiger partial charge in [0.15, 0.2) is 0 Å². The second-order valence-electron chi connectivity index (χ2n) is 4.26. The van der Waals surface area contributed by atoms with Crippen LogP contribution in [0.2, 0.25) is 0 Å². The summed E-state index contributed by atoms with van der Waals surface area (Å²) in [4.78, 5) is 2.42. The number of rotatable bonds is 3. The SMILES string of the molecule is CC(N)CN1CCCC(CO)CC1. The molecule has 0 aromatic heterocycles. The first-order valence-electron chi connectivity index (χ1n) is 5.31. The summed E-state index contributed by atoms with van der Waals surface area (Å²) in [6, 6.07) is 0.269. The molecule has 1 heterocycles. The van der Waals surface area contributed by atoms with Gasteiger partial charge in [-0.05, 0) is 45.2 Å². The van der Waals surface area contributed by atoms with Crippen LogP contribution in [-0.4, -0.2) is 42.3 Å². The van der Waals surface area contributed by atoms with Crippen molar-refractivity contribution in [2.45, 2.75) is 32.2 Å². The van der Waals surface area contributed by atoms with Crippen LogP contribution in [0.3, 0.4) is 0 Å². The molecule has 78 valence electrons. The van der Waals surface area contributed by atoms with Crippen molar-refractivity contribution in [1.82, 2.24) is 4.90 Å². The minimum atomic E-state index is 0.269. The summed E-state index contributed by atoms with van der Waals surface area (Å²) in [5.41, 5.74) is 5.75. The zero-order valence-corrected chi connectivity index (χ0v) is 8.58. The van der Waals surface area contributed by atoms with Crippen LogP contribution >= 0.6 is 0 Å². The van der Waals surface area contributed by atoms with Crippen LogP contribution in [-0.2, 0) is 0 Å². The van der Waals surface area contributed by atoms with Crippen LogP contribution in [0.25, 0.3) is 0 Å². The molecule has 0 radical (unpaired) electrons. The van der Waals surface area contributed by atoms with E-state index in [0.29, 0.717) is 12.5 Å². The number of hydrogen-bond acceptors (Lipinski definition) is 3. The lowest BCUT2D eigenvalue weighted by atomic mass is 10.0. The fourth-order valence-electron chi connectivity index (χ4n) is 2.00. The summed E-state index contributed by atoms with van der Waals surface area (Å²) in [6.45, 7) is 5.66. The van der Waals surface area contributed by atoms with Crippen molar-refractivity contribution in [2.24, 2.45) is 11.7 Å². The monoisotopic (exact) mass is 186 g/mol. The van der Waals surface area contributed by atoms with Gasteiger partial charge in [0.2, 0.25) is 0 Å². The summed E-state index contributed by atoms with van der Waals surface area (Å²) < 4.78 is 0. The fraction of sp³-hybridized carbons (Fsp3) is 1.00. The van der Waals surface area contributed by atoms with E-state index >= 15 is 0 Å². The molecule has 3 N–H and O–H groups in total. The molecule has 1 rings (SSSR count). The minimum Gasteiger partial charge on any atom is -0.396 e. The van der Waals surface area contributed by atoms with Crippen LogP contribution in [0.4, 0.5) is 0 Å². The predicted octanol–water partition coefficient (Wildman–Crippen LogP) is 0.428. The summed E-state index contributed by atoms with van der Waals surface area (Å²) in [5, 5.41) is 9.04. The Balaban J connectivity index is 2.27. The minimum absolute atomic E-state index is 0.269. The summed E-state index contributed by atoms with van der Waals surface area (Å²) in [7, 11) is 0. The van der Waals surface area contributed by atoms with Crippen LogP contribution in [0, 0.1) is 5.92 Å².